The quantitative estimate of drug-likeness (QED) is 0.392. The minimum atomic E-state index is 0.0889. The Morgan fingerprint density at radius 3 is 2.32 bits per heavy atom. The summed E-state index contributed by atoms with van der Waals surface area (Å²) in [6.45, 7) is 5.50. The number of ether oxygens (including phenoxy) is 4. The summed E-state index contributed by atoms with van der Waals surface area (Å²) in [4.78, 5) is 0. The Kier molecular flexibility index (Phi) is 9.21. The standard InChI is InChI=1S/C16H24Br2O4/c1-11(2)16(10-17)22-13-9-15(21-7-5-6-19-3)14(20-4)8-12(13)18/h8-9,11,16H,5-7,10H2,1-4H3/t16-/m0/s1. The summed E-state index contributed by atoms with van der Waals surface area (Å²) in [5.41, 5.74) is 0. The summed E-state index contributed by atoms with van der Waals surface area (Å²) < 4.78 is 23.1. The normalized spacial score (nSPS) is 12.3. The van der Waals surface area contributed by atoms with Crippen molar-refractivity contribution in [2.75, 3.05) is 32.8 Å². The van der Waals surface area contributed by atoms with Crippen LogP contribution in [0.1, 0.15) is 20.3 Å². The SMILES string of the molecule is COCCCOc1cc(O[C@@H](CBr)C(C)C)c(Br)cc1OC. The Labute approximate surface area is 149 Å². The molecule has 0 radical (unpaired) electrons. The number of methoxy groups -OCH3 is 2. The number of rotatable bonds is 10. The smallest absolute Gasteiger partial charge is 0.164 e. The molecule has 0 fully saturated rings. The average molecular weight is 440 g/mol. The zero-order valence-electron chi connectivity index (χ0n) is 13.5. The molecule has 0 saturated heterocycles. The van der Waals surface area contributed by atoms with Crippen LogP contribution < -0.4 is 14.2 Å². The molecule has 1 aromatic carbocycles. The summed E-state index contributed by atoms with van der Waals surface area (Å²) in [6, 6.07) is 3.74. The Bertz CT molecular complexity index is 452. The van der Waals surface area contributed by atoms with Gasteiger partial charge in [-0.15, -0.1) is 0 Å². The van der Waals surface area contributed by atoms with Crippen LogP contribution in [0.3, 0.4) is 0 Å². The molecule has 1 rings (SSSR count). The van der Waals surface area contributed by atoms with E-state index in [1.54, 1.807) is 14.2 Å². The summed E-state index contributed by atoms with van der Waals surface area (Å²) in [6.07, 6.45) is 0.910. The molecule has 0 bridgehead atoms. The fourth-order valence-electron chi connectivity index (χ4n) is 1.77. The van der Waals surface area contributed by atoms with Gasteiger partial charge in [0, 0.05) is 37.6 Å². The summed E-state index contributed by atoms with van der Waals surface area (Å²) >= 11 is 7.02. The predicted octanol–water partition coefficient (Wildman–Crippen LogP) is 4.67. The maximum absolute atomic E-state index is 6.07. The Hall–Kier alpha value is -0.460. The van der Waals surface area contributed by atoms with Gasteiger partial charge >= 0.3 is 0 Å². The van der Waals surface area contributed by atoms with Crippen molar-refractivity contribution in [1.29, 1.82) is 0 Å². The van der Waals surface area contributed by atoms with E-state index in [-0.39, 0.29) is 6.10 Å². The molecule has 0 aliphatic rings. The molecule has 1 aromatic rings. The second-order valence-corrected chi connectivity index (χ2v) is 6.68. The Balaban J connectivity index is 2.88. The monoisotopic (exact) mass is 438 g/mol. The van der Waals surface area contributed by atoms with Crippen molar-refractivity contribution in [3.63, 3.8) is 0 Å². The lowest BCUT2D eigenvalue weighted by Gasteiger charge is -2.22. The van der Waals surface area contributed by atoms with Crippen LogP contribution in [0.25, 0.3) is 0 Å². The lowest BCUT2D eigenvalue weighted by Crippen LogP contribution is -2.24. The number of halogens is 2. The van der Waals surface area contributed by atoms with Gasteiger partial charge in [-0.3, -0.25) is 0 Å². The van der Waals surface area contributed by atoms with Gasteiger partial charge in [0.25, 0.3) is 0 Å². The van der Waals surface area contributed by atoms with Crippen LogP contribution in [0.4, 0.5) is 0 Å². The molecule has 22 heavy (non-hydrogen) atoms. The van der Waals surface area contributed by atoms with E-state index in [4.69, 9.17) is 18.9 Å². The minimum Gasteiger partial charge on any atom is -0.493 e. The zero-order chi connectivity index (χ0) is 16.5. The van der Waals surface area contributed by atoms with Gasteiger partial charge in [0.05, 0.1) is 18.2 Å². The first-order valence-electron chi connectivity index (χ1n) is 7.25. The van der Waals surface area contributed by atoms with Crippen molar-refractivity contribution in [3.05, 3.63) is 16.6 Å². The van der Waals surface area contributed by atoms with E-state index >= 15 is 0 Å². The van der Waals surface area contributed by atoms with Gasteiger partial charge in [0.15, 0.2) is 11.5 Å². The van der Waals surface area contributed by atoms with Crippen LogP contribution in [0.15, 0.2) is 16.6 Å². The van der Waals surface area contributed by atoms with Crippen LogP contribution >= 0.6 is 31.9 Å². The van der Waals surface area contributed by atoms with Gasteiger partial charge < -0.3 is 18.9 Å². The summed E-state index contributed by atoms with van der Waals surface area (Å²) in [5, 5.41) is 0.771. The number of benzene rings is 1. The van der Waals surface area contributed by atoms with E-state index in [1.165, 1.54) is 0 Å². The van der Waals surface area contributed by atoms with Gasteiger partial charge in [0.1, 0.15) is 11.9 Å². The maximum atomic E-state index is 6.07. The maximum Gasteiger partial charge on any atom is 0.164 e. The van der Waals surface area contributed by atoms with Crippen LogP contribution in [-0.4, -0.2) is 38.9 Å². The van der Waals surface area contributed by atoms with Crippen molar-refractivity contribution in [2.45, 2.75) is 26.4 Å². The van der Waals surface area contributed by atoms with Crippen molar-refractivity contribution in [3.8, 4) is 17.2 Å². The molecule has 1 atom stereocenters. The number of alkyl halides is 1. The molecule has 0 saturated carbocycles. The lowest BCUT2D eigenvalue weighted by molar-refractivity contribution is 0.166. The second-order valence-electron chi connectivity index (χ2n) is 5.18. The van der Waals surface area contributed by atoms with Crippen LogP contribution in [-0.2, 0) is 4.74 Å². The van der Waals surface area contributed by atoms with E-state index < -0.39 is 0 Å². The van der Waals surface area contributed by atoms with Crippen LogP contribution in [0.5, 0.6) is 17.2 Å². The molecular formula is C16H24Br2O4. The van der Waals surface area contributed by atoms with Crippen molar-refractivity contribution >= 4 is 31.9 Å². The molecule has 0 N–H and O–H groups in total. The molecule has 6 heteroatoms. The fraction of sp³-hybridized carbons (Fsp3) is 0.625. The topological polar surface area (TPSA) is 36.9 Å². The van der Waals surface area contributed by atoms with Gasteiger partial charge in [-0.05, 0) is 21.8 Å². The highest BCUT2D eigenvalue weighted by Gasteiger charge is 2.18. The molecule has 4 nitrogen and oxygen atoms in total. The van der Waals surface area contributed by atoms with Crippen molar-refractivity contribution in [2.24, 2.45) is 5.92 Å². The minimum absolute atomic E-state index is 0.0889. The van der Waals surface area contributed by atoms with Gasteiger partial charge in [-0.2, -0.15) is 0 Å². The highest BCUT2D eigenvalue weighted by molar-refractivity contribution is 9.10. The Morgan fingerprint density at radius 1 is 1.05 bits per heavy atom. The predicted molar refractivity (Wildman–Crippen MR) is 95.7 cm³/mol. The summed E-state index contributed by atoms with van der Waals surface area (Å²) in [7, 11) is 3.30. The highest BCUT2D eigenvalue weighted by atomic mass is 79.9. The molecule has 0 aliphatic carbocycles. The first-order valence-corrected chi connectivity index (χ1v) is 9.16. The Morgan fingerprint density at radius 2 is 1.77 bits per heavy atom. The van der Waals surface area contributed by atoms with Crippen molar-refractivity contribution < 1.29 is 18.9 Å². The first-order chi connectivity index (χ1) is 10.5. The molecular weight excluding hydrogens is 416 g/mol. The number of hydrogen-bond donors (Lipinski definition) is 0. The molecule has 126 valence electrons. The van der Waals surface area contributed by atoms with Crippen LogP contribution in [0, 0.1) is 5.92 Å². The number of hydrogen-bond acceptors (Lipinski definition) is 4. The third kappa shape index (κ3) is 5.97. The largest absolute Gasteiger partial charge is 0.493 e. The second kappa shape index (κ2) is 10.3. The molecule has 0 spiro atoms. The zero-order valence-corrected chi connectivity index (χ0v) is 16.7. The van der Waals surface area contributed by atoms with E-state index in [0.717, 1.165) is 22.0 Å². The molecule has 0 unspecified atom stereocenters. The fourth-order valence-corrected chi connectivity index (χ4v) is 3.07. The lowest BCUT2D eigenvalue weighted by atomic mass is 10.1. The van der Waals surface area contributed by atoms with E-state index in [1.807, 2.05) is 12.1 Å². The van der Waals surface area contributed by atoms with E-state index in [0.29, 0.717) is 30.6 Å². The molecule has 0 amide bonds. The first kappa shape index (κ1) is 19.6. The average Bonchev–Trinajstić information content (AvgIpc) is 2.50. The third-order valence-electron chi connectivity index (χ3n) is 3.14. The van der Waals surface area contributed by atoms with E-state index in [2.05, 4.69) is 45.7 Å². The molecule has 0 heterocycles. The highest BCUT2D eigenvalue weighted by Crippen LogP contribution is 2.38. The summed E-state index contributed by atoms with van der Waals surface area (Å²) in [5.74, 6) is 2.51. The van der Waals surface area contributed by atoms with Crippen molar-refractivity contribution in [1.82, 2.24) is 0 Å². The van der Waals surface area contributed by atoms with Gasteiger partial charge in [-0.25, -0.2) is 0 Å². The van der Waals surface area contributed by atoms with Gasteiger partial charge in [-0.1, -0.05) is 29.8 Å². The van der Waals surface area contributed by atoms with Crippen LogP contribution in [0.2, 0.25) is 0 Å². The third-order valence-corrected chi connectivity index (χ3v) is 4.40. The van der Waals surface area contributed by atoms with Gasteiger partial charge in [0.2, 0.25) is 0 Å². The molecule has 0 aliphatic heterocycles. The molecule has 0 aromatic heterocycles. The van der Waals surface area contributed by atoms with E-state index in [9.17, 15) is 0 Å².